The number of nitrogens with one attached hydrogen (secondary N) is 1. The summed E-state index contributed by atoms with van der Waals surface area (Å²) in [6, 6.07) is 11.1. The number of benzene rings is 1. The summed E-state index contributed by atoms with van der Waals surface area (Å²) < 4.78 is 40.5. The fraction of sp³-hybridized carbons (Fsp3) is 0.300. The number of halogens is 3. The Balaban J connectivity index is 1.60. The van der Waals surface area contributed by atoms with E-state index in [1.807, 2.05) is 43.3 Å². The van der Waals surface area contributed by atoms with Gasteiger partial charge >= 0.3 is 6.18 Å². The van der Waals surface area contributed by atoms with Crippen molar-refractivity contribution in [2.24, 2.45) is 0 Å². The average Bonchev–Trinajstić information content (AvgIpc) is 3.43. The Morgan fingerprint density at radius 1 is 1.06 bits per heavy atom. The summed E-state index contributed by atoms with van der Waals surface area (Å²) in [5, 5.41) is 17.7. The molecule has 8 nitrogen and oxygen atoms in total. The summed E-state index contributed by atoms with van der Waals surface area (Å²) in [6.45, 7) is 2.36. The standard InChI is InChI=1S/C20H19F3N8/c1-2-3-10-31-17(25-19(28-31)20(21,22)23)11-13-8-9-16(24-12-13)14-6-4-5-7-15(14)18-26-29-30-27-18/h4-9,12H,2-3,10-11H2,1H3,(H,26,27,29,30). The van der Waals surface area contributed by atoms with Crippen LogP contribution in [-0.2, 0) is 19.1 Å². The molecule has 0 aliphatic carbocycles. The van der Waals surface area contributed by atoms with Gasteiger partial charge in [-0.15, -0.1) is 15.3 Å². The molecule has 0 saturated heterocycles. The van der Waals surface area contributed by atoms with E-state index in [1.165, 1.54) is 4.68 Å². The first kappa shape index (κ1) is 20.6. The third-order valence-electron chi connectivity index (χ3n) is 4.70. The van der Waals surface area contributed by atoms with Crippen LogP contribution in [0.25, 0.3) is 22.6 Å². The van der Waals surface area contributed by atoms with Gasteiger partial charge in [0.25, 0.3) is 5.82 Å². The van der Waals surface area contributed by atoms with Crippen LogP contribution < -0.4 is 0 Å². The minimum atomic E-state index is -4.58. The van der Waals surface area contributed by atoms with Crippen molar-refractivity contribution in [1.82, 2.24) is 40.4 Å². The molecule has 4 aromatic rings. The van der Waals surface area contributed by atoms with E-state index in [2.05, 4.69) is 35.7 Å². The Bertz CT molecular complexity index is 1130. The molecule has 11 heteroatoms. The molecule has 3 heterocycles. The predicted molar refractivity (Wildman–Crippen MR) is 106 cm³/mol. The number of hydrogen-bond donors (Lipinski definition) is 1. The number of nitrogens with zero attached hydrogens (tertiary/aromatic N) is 7. The van der Waals surface area contributed by atoms with Crippen molar-refractivity contribution >= 4 is 0 Å². The third kappa shape index (κ3) is 4.60. The maximum atomic E-state index is 13.1. The molecule has 160 valence electrons. The zero-order valence-corrected chi connectivity index (χ0v) is 16.6. The number of aromatic nitrogens is 8. The molecule has 1 aromatic carbocycles. The quantitative estimate of drug-likeness (QED) is 0.479. The van der Waals surface area contributed by atoms with E-state index in [4.69, 9.17) is 0 Å². The molecule has 0 bridgehead atoms. The lowest BCUT2D eigenvalue weighted by Crippen LogP contribution is -2.09. The normalized spacial score (nSPS) is 11.7. The highest BCUT2D eigenvalue weighted by atomic mass is 19.4. The Labute approximate surface area is 175 Å². The molecule has 31 heavy (non-hydrogen) atoms. The number of alkyl halides is 3. The largest absolute Gasteiger partial charge is 0.453 e. The van der Waals surface area contributed by atoms with Crippen molar-refractivity contribution in [3.63, 3.8) is 0 Å². The lowest BCUT2D eigenvalue weighted by Gasteiger charge is -2.08. The van der Waals surface area contributed by atoms with Crippen LogP contribution in [0.2, 0.25) is 0 Å². The summed E-state index contributed by atoms with van der Waals surface area (Å²) in [7, 11) is 0. The molecule has 0 aliphatic rings. The lowest BCUT2D eigenvalue weighted by atomic mass is 10.0. The van der Waals surface area contributed by atoms with Gasteiger partial charge in [0.15, 0.2) is 0 Å². The zero-order valence-electron chi connectivity index (χ0n) is 16.6. The van der Waals surface area contributed by atoms with Crippen LogP contribution in [0.5, 0.6) is 0 Å². The average molecular weight is 428 g/mol. The topological polar surface area (TPSA) is 98.1 Å². The van der Waals surface area contributed by atoms with Crippen molar-refractivity contribution in [2.75, 3.05) is 0 Å². The Kier molecular flexibility index (Phi) is 5.74. The van der Waals surface area contributed by atoms with Crippen LogP contribution in [0.15, 0.2) is 42.6 Å². The third-order valence-corrected chi connectivity index (χ3v) is 4.70. The first-order valence-electron chi connectivity index (χ1n) is 9.74. The van der Waals surface area contributed by atoms with E-state index in [9.17, 15) is 13.2 Å². The molecule has 0 fully saturated rings. The number of hydrogen-bond acceptors (Lipinski definition) is 6. The summed E-state index contributed by atoms with van der Waals surface area (Å²) >= 11 is 0. The molecule has 1 N–H and O–H groups in total. The monoisotopic (exact) mass is 428 g/mol. The highest BCUT2D eigenvalue weighted by Crippen LogP contribution is 2.29. The Morgan fingerprint density at radius 3 is 2.52 bits per heavy atom. The van der Waals surface area contributed by atoms with Crippen LogP contribution in [0.1, 0.15) is 37.0 Å². The lowest BCUT2D eigenvalue weighted by molar-refractivity contribution is -0.145. The van der Waals surface area contributed by atoms with Gasteiger partial charge in [-0.2, -0.15) is 18.4 Å². The van der Waals surface area contributed by atoms with Gasteiger partial charge in [-0.3, -0.25) is 4.98 Å². The molecule has 0 amide bonds. The highest BCUT2D eigenvalue weighted by Gasteiger charge is 2.37. The minimum Gasteiger partial charge on any atom is -0.256 e. The number of unbranched alkanes of at least 4 members (excludes halogenated alkanes) is 1. The predicted octanol–water partition coefficient (Wildman–Crippen LogP) is 3.93. The van der Waals surface area contributed by atoms with E-state index in [0.29, 0.717) is 18.1 Å². The van der Waals surface area contributed by atoms with Crippen LogP contribution in [-0.4, -0.2) is 40.4 Å². The number of aromatic amines is 1. The van der Waals surface area contributed by atoms with Gasteiger partial charge in [-0.25, -0.2) is 9.67 Å². The van der Waals surface area contributed by atoms with Gasteiger partial charge in [0.1, 0.15) is 5.82 Å². The molecule has 3 aromatic heterocycles. The Morgan fingerprint density at radius 2 is 1.87 bits per heavy atom. The van der Waals surface area contributed by atoms with E-state index >= 15 is 0 Å². The maximum absolute atomic E-state index is 13.1. The van der Waals surface area contributed by atoms with Crippen LogP contribution in [0.3, 0.4) is 0 Å². The van der Waals surface area contributed by atoms with E-state index in [0.717, 1.165) is 29.5 Å². The van der Waals surface area contributed by atoms with Gasteiger partial charge < -0.3 is 0 Å². The number of H-pyrrole nitrogens is 1. The van der Waals surface area contributed by atoms with Crippen molar-refractivity contribution in [3.8, 4) is 22.6 Å². The maximum Gasteiger partial charge on any atom is 0.453 e. The number of tetrazole rings is 1. The molecule has 0 spiro atoms. The van der Waals surface area contributed by atoms with Crippen molar-refractivity contribution < 1.29 is 13.2 Å². The smallest absolute Gasteiger partial charge is 0.256 e. The molecular formula is C20H19F3N8. The Hall–Kier alpha value is -3.63. The van der Waals surface area contributed by atoms with Gasteiger partial charge in [0.05, 0.1) is 5.69 Å². The molecule has 4 rings (SSSR count). The summed E-state index contributed by atoms with van der Waals surface area (Å²) in [4.78, 5) is 8.23. The van der Waals surface area contributed by atoms with Crippen LogP contribution >= 0.6 is 0 Å². The van der Waals surface area contributed by atoms with Gasteiger partial charge in [-0.05, 0) is 23.3 Å². The number of aryl methyl sites for hydroxylation is 1. The molecule has 0 atom stereocenters. The number of pyridine rings is 1. The molecule has 0 aliphatic heterocycles. The van der Waals surface area contributed by atoms with Crippen molar-refractivity contribution in [3.05, 3.63) is 59.8 Å². The number of rotatable bonds is 7. The molecule has 0 radical (unpaired) electrons. The molecular weight excluding hydrogens is 409 g/mol. The van der Waals surface area contributed by atoms with E-state index in [-0.39, 0.29) is 12.2 Å². The highest BCUT2D eigenvalue weighted by molar-refractivity contribution is 5.78. The second-order valence-corrected chi connectivity index (χ2v) is 6.94. The second kappa shape index (κ2) is 8.62. The van der Waals surface area contributed by atoms with E-state index < -0.39 is 12.0 Å². The van der Waals surface area contributed by atoms with Crippen LogP contribution in [0, 0.1) is 0 Å². The summed E-state index contributed by atoms with van der Waals surface area (Å²) in [5.74, 6) is -0.398. The van der Waals surface area contributed by atoms with Crippen molar-refractivity contribution in [1.29, 1.82) is 0 Å². The SMILES string of the molecule is CCCCn1nc(C(F)(F)F)nc1Cc1ccc(-c2ccccc2-c2nn[nH]n2)nc1. The summed E-state index contributed by atoms with van der Waals surface area (Å²) in [5.41, 5.74) is 3.01. The van der Waals surface area contributed by atoms with Gasteiger partial charge in [0.2, 0.25) is 5.82 Å². The second-order valence-electron chi connectivity index (χ2n) is 6.94. The fourth-order valence-electron chi connectivity index (χ4n) is 3.16. The molecule has 0 unspecified atom stereocenters. The van der Waals surface area contributed by atoms with Crippen molar-refractivity contribution in [2.45, 2.75) is 38.9 Å². The van der Waals surface area contributed by atoms with Gasteiger partial charge in [-0.1, -0.05) is 43.7 Å². The fourth-order valence-corrected chi connectivity index (χ4v) is 3.16. The van der Waals surface area contributed by atoms with Gasteiger partial charge in [0, 0.05) is 30.3 Å². The first-order chi connectivity index (χ1) is 15.0. The summed E-state index contributed by atoms with van der Waals surface area (Å²) in [6.07, 6.45) is -1.18. The minimum absolute atomic E-state index is 0.201. The zero-order chi connectivity index (χ0) is 21.8. The van der Waals surface area contributed by atoms with Crippen LogP contribution in [0.4, 0.5) is 13.2 Å². The molecule has 0 saturated carbocycles. The first-order valence-corrected chi connectivity index (χ1v) is 9.74. The van der Waals surface area contributed by atoms with E-state index in [1.54, 1.807) is 6.20 Å².